The van der Waals surface area contributed by atoms with Gasteiger partial charge in [0, 0.05) is 56.5 Å². The van der Waals surface area contributed by atoms with Crippen LogP contribution in [0.1, 0.15) is 56.4 Å². The first kappa shape index (κ1) is 19.6. The predicted molar refractivity (Wildman–Crippen MR) is 123 cm³/mol. The Morgan fingerprint density at radius 1 is 0.733 bits per heavy atom. The van der Waals surface area contributed by atoms with Crippen molar-refractivity contribution in [3.05, 3.63) is 48.0 Å². The molecule has 2 heterocycles. The predicted octanol–water partition coefficient (Wildman–Crippen LogP) is 5.61. The lowest BCUT2D eigenvalue weighted by Crippen LogP contribution is -2.39. The second-order valence-electron chi connectivity index (χ2n) is 9.04. The maximum Gasteiger partial charge on any atom is 0.120 e. The molecule has 0 bridgehead atoms. The van der Waals surface area contributed by atoms with Crippen LogP contribution in [0.3, 0.4) is 0 Å². The number of benzene rings is 2. The van der Waals surface area contributed by atoms with Gasteiger partial charge < -0.3 is 19.3 Å². The number of anilines is 2. The minimum atomic E-state index is 0.302. The van der Waals surface area contributed by atoms with Crippen LogP contribution in [-0.2, 0) is 0 Å². The second-order valence-corrected chi connectivity index (χ2v) is 9.04. The molecule has 2 aliphatic heterocycles. The highest BCUT2D eigenvalue weighted by Gasteiger charge is 2.27. The third-order valence-electron chi connectivity index (χ3n) is 7.18. The summed E-state index contributed by atoms with van der Waals surface area (Å²) in [7, 11) is 1.76. The summed E-state index contributed by atoms with van der Waals surface area (Å²) in [6.45, 7) is 4.46. The van der Waals surface area contributed by atoms with Crippen LogP contribution in [-0.4, -0.2) is 39.4 Å². The van der Waals surface area contributed by atoms with Crippen molar-refractivity contribution in [2.75, 3.05) is 43.1 Å². The molecular weight excluding hydrogens is 372 g/mol. The topological polar surface area (TPSA) is 24.9 Å². The van der Waals surface area contributed by atoms with Crippen LogP contribution in [0, 0.1) is 0 Å². The zero-order valence-corrected chi connectivity index (χ0v) is 18.2. The first-order chi connectivity index (χ1) is 14.8. The van der Waals surface area contributed by atoms with Crippen LogP contribution in [0.4, 0.5) is 11.4 Å². The number of ether oxygens (including phenoxy) is 2. The van der Waals surface area contributed by atoms with Gasteiger partial charge in [0.15, 0.2) is 0 Å². The number of nitrogens with zero attached hydrogens (tertiary/aromatic N) is 2. The maximum absolute atomic E-state index is 6.34. The van der Waals surface area contributed by atoms with Crippen molar-refractivity contribution in [3.8, 4) is 11.5 Å². The Hall–Kier alpha value is -2.36. The standard InChI is InChI=1S/C26H34N2O2/c1-29-24-11-12-25(20-5-4-6-20)26(19-24)28-17-13-23(14-18-28)30-22-9-7-21(8-10-22)27-15-2-3-16-27/h7-12,19-20,23H,2-6,13-18H2,1H3. The number of rotatable bonds is 6. The molecule has 0 aromatic heterocycles. The van der Waals surface area contributed by atoms with E-state index in [1.165, 1.54) is 62.1 Å². The fraction of sp³-hybridized carbons (Fsp3) is 0.538. The number of hydrogen-bond donors (Lipinski definition) is 0. The highest BCUT2D eigenvalue weighted by Crippen LogP contribution is 2.43. The van der Waals surface area contributed by atoms with Gasteiger partial charge in [-0.2, -0.15) is 0 Å². The Morgan fingerprint density at radius 2 is 1.43 bits per heavy atom. The van der Waals surface area contributed by atoms with Gasteiger partial charge >= 0.3 is 0 Å². The Morgan fingerprint density at radius 3 is 2.07 bits per heavy atom. The molecular formula is C26H34N2O2. The summed E-state index contributed by atoms with van der Waals surface area (Å²) in [5.74, 6) is 2.70. The van der Waals surface area contributed by atoms with Crippen LogP contribution in [0.2, 0.25) is 0 Å². The van der Waals surface area contributed by atoms with Crippen molar-refractivity contribution in [2.24, 2.45) is 0 Å². The highest BCUT2D eigenvalue weighted by molar-refractivity contribution is 5.59. The molecule has 30 heavy (non-hydrogen) atoms. The molecule has 2 aromatic rings. The molecule has 0 N–H and O–H groups in total. The highest BCUT2D eigenvalue weighted by atomic mass is 16.5. The number of piperidine rings is 1. The largest absolute Gasteiger partial charge is 0.497 e. The van der Waals surface area contributed by atoms with Gasteiger partial charge in [-0.3, -0.25) is 0 Å². The third-order valence-corrected chi connectivity index (χ3v) is 7.18. The molecule has 3 fully saturated rings. The molecule has 2 saturated heterocycles. The van der Waals surface area contributed by atoms with Gasteiger partial charge in [-0.05, 0) is 67.5 Å². The van der Waals surface area contributed by atoms with E-state index in [0.29, 0.717) is 6.10 Å². The number of hydrogen-bond acceptors (Lipinski definition) is 4. The zero-order valence-electron chi connectivity index (χ0n) is 18.2. The van der Waals surface area contributed by atoms with Gasteiger partial charge in [0.2, 0.25) is 0 Å². The van der Waals surface area contributed by atoms with Crippen molar-refractivity contribution in [2.45, 2.75) is 57.0 Å². The van der Waals surface area contributed by atoms with Crippen LogP contribution in [0.15, 0.2) is 42.5 Å². The van der Waals surface area contributed by atoms with Crippen molar-refractivity contribution in [1.29, 1.82) is 0 Å². The van der Waals surface area contributed by atoms with E-state index in [4.69, 9.17) is 9.47 Å². The van der Waals surface area contributed by atoms with Crippen molar-refractivity contribution < 1.29 is 9.47 Å². The summed E-state index contributed by atoms with van der Waals surface area (Å²) in [6.07, 6.45) is 9.07. The maximum atomic E-state index is 6.34. The SMILES string of the molecule is COc1ccc(C2CCC2)c(N2CCC(Oc3ccc(N4CCCC4)cc3)CC2)c1. The second kappa shape index (κ2) is 8.79. The molecule has 0 unspecified atom stereocenters. The molecule has 0 atom stereocenters. The van der Waals surface area contributed by atoms with Gasteiger partial charge in [-0.25, -0.2) is 0 Å². The first-order valence-corrected chi connectivity index (χ1v) is 11.7. The summed E-state index contributed by atoms with van der Waals surface area (Å²) in [5.41, 5.74) is 4.22. The summed E-state index contributed by atoms with van der Waals surface area (Å²) >= 11 is 0. The lowest BCUT2D eigenvalue weighted by molar-refractivity contribution is 0.171. The summed E-state index contributed by atoms with van der Waals surface area (Å²) in [5, 5.41) is 0. The molecule has 0 amide bonds. The molecule has 5 rings (SSSR count). The van der Waals surface area contributed by atoms with Gasteiger partial charge in [-0.15, -0.1) is 0 Å². The lowest BCUT2D eigenvalue weighted by Gasteiger charge is -2.37. The van der Waals surface area contributed by atoms with Crippen LogP contribution in [0.25, 0.3) is 0 Å². The fourth-order valence-electron chi connectivity index (χ4n) is 5.11. The van der Waals surface area contributed by atoms with E-state index in [9.17, 15) is 0 Å². The molecule has 0 radical (unpaired) electrons. The average Bonchev–Trinajstić information content (AvgIpc) is 3.29. The van der Waals surface area contributed by atoms with E-state index < -0.39 is 0 Å². The average molecular weight is 407 g/mol. The molecule has 3 aliphatic rings. The van der Waals surface area contributed by atoms with Gasteiger partial charge in [0.25, 0.3) is 0 Å². The normalized spacial score (nSPS) is 20.3. The summed E-state index contributed by atoms with van der Waals surface area (Å²) < 4.78 is 11.9. The molecule has 4 nitrogen and oxygen atoms in total. The molecule has 2 aromatic carbocycles. The van der Waals surface area contributed by atoms with E-state index >= 15 is 0 Å². The summed E-state index contributed by atoms with van der Waals surface area (Å²) in [6, 6.07) is 15.4. The van der Waals surface area contributed by atoms with E-state index in [2.05, 4.69) is 52.3 Å². The molecule has 0 spiro atoms. The van der Waals surface area contributed by atoms with Gasteiger partial charge in [0.1, 0.15) is 17.6 Å². The third kappa shape index (κ3) is 4.10. The van der Waals surface area contributed by atoms with E-state index in [0.717, 1.165) is 43.3 Å². The van der Waals surface area contributed by atoms with E-state index in [1.54, 1.807) is 7.11 Å². The van der Waals surface area contributed by atoms with E-state index in [-0.39, 0.29) is 0 Å². The zero-order chi connectivity index (χ0) is 20.3. The fourth-order valence-corrected chi connectivity index (χ4v) is 5.11. The monoisotopic (exact) mass is 406 g/mol. The lowest BCUT2D eigenvalue weighted by atomic mass is 9.79. The quantitative estimate of drug-likeness (QED) is 0.622. The van der Waals surface area contributed by atoms with Crippen LogP contribution < -0.4 is 19.3 Å². The van der Waals surface area contributed by atoms with Crippen molar-refractivity contribution >= 4 is 11.4 Å². The minimum absolute atomic E-state index is 0.302. The molecule has 1 aliphatic carbocycles. The Bertz CT molecular complexity index is 833. The Kier molecular flexibility index (Phi) is 5.74. The first-order valence-electron chi connectivity index (χ1n) is 11.7. The van der Waals surface area contributed by atoms with Crippen molar-refractivity contribution in [1.82, 2.24) is 0 Å². The van der Waals surface area contributed by atoms with Crippen LogP contribution in [0.5, 0.6) is 11.5 Å². The van der Waals surface area contributed by atoms with Crippen molar-refractivity contribution in [3.63, 3.8) is 0 Å². The Labute approximate surface area is 180 Å². The van der Waals surface area contributed by atoms with Gasteiger partial charge in [0.05, 0.1) is 7.11 Å². The smallest absolute Gasteiger partial charge is 0.120 e. The molecule has 4 heteroatoms. The minimum Gasteiger partial charge on any atom is -0.497 e. The summed E-state index contributed by atoms with van der Waals surface area (Å²) in [4.78, 5) is 5.02. The number of methoxy groups -OCH3 is 1. The molecule has 1 saturated carbocycles. The van der Waals surface area contributed by atoms with E-state index in [1.807, 2.05) is 0 Å². The van der Waals surface area contributed by atoms with Gasteiger partial charge in [-0.1, -0.05) is 12.5 Å². The molecule has 160 valence electrons. The Balaban J connectivity index is 1.20. The van der Waals surface area contributed by atoms with Crippen LogP contribution >= 0.6 is 0 Å².